The highest BCUT2D eigenvalue weighted by Crippen LogP contribution is 2.46. The van der Waals surface area contributed by atoms with E-state index in [0.29, 0.717) is 0 Å². The maximum atomic E-state index is 6.70. The molecule has 1 fully saturated rings. The molecule has 1 saturated heterocycles. The first-order chi connectivity index (χ1) is 13.0. The van der Waals surface area contributed by atoms with Gasteiger partial charge in [-0.2, -0.15) is 5.06 Å². The lowest BCUT2D eigenvalue weighted by Gasteiger charge is -2.57. The molecule has 4 unspecified atom stereocenters. The van der Waals surface area contributed by atoms with Gasteiger partial charge >= 0.3 is 0 Å². The van der Waals surface area contributed by atoms with Crippen LogP contribution in [0.2, 0.25) is 19.6 Å². The third-order valence-electron chi connectivity index (χ3n) is 6.40. The lowest BCUT2D eigenvalue weighted by atomic mass is 9.70. The molecule has 1 aliphatic rings. The van der Waals surface area contributed by atoms with Crippen LogP contribution < -0.4 is 0 Å². The SMILES string of the molecule is CCC1(C)C/C(=N/O[Si](C)(C)C)C(C)C(C)(CC)N1OC(C)c1ccccc1. The van der Waals surface area contributed by atoms with Gasteiger partial charge < -0.3 is 4.53 Å². The van der Waals surface area contributed by atoms with Gasteiger partial charge in [-0.15, -0.1) is 5.16 Å². The number of hydroxylamine groups is 2. The van der Waals surface area contributed by atoms with Gasteiger partial charge in [0.05, 0.1) is 11.3 Å². The molecule has 4 nitrogen and oxygen atoms in total. The Bertz CT molecular complexity index is 673. The zero-order chi connectivity index (χ0) is 21.2. The molecule has 28 heavy (non-hydrogen) atoms. The molecule has 0 saturated carbocycles. The van der Waals surface area contributed by atoms with Crippen molar-refractivity contribution in [3.05, 3.63) is 35.9 Å². The van der Waals surface area contributed by atoms with Crippen molar-refractivity contribution in [1.82, 2.24) is 5.06 Å². The van der Waals surface area contributed by atoms with E-state index in [4.69, 9.17) is 14.5 Å². The van der Waals surface area contributed by atoms with E-state index in [9.17, 15) is 0 Å². The van der Waals surface area contributed by atoms with Crippen LogP contribution in [-0.4, -0.2) is 30.2 Å². The normalized spacial score (nSPS) is 31.8. The number of hydrogen-bond donors (Lipinski definition) is 0. The first kappa shape index (κ1) is 23.1. The van der Waals surface area contributed by atoms with E-state index in [2.05, 4.69) is 90.5 Å². The summed E-state index contributed by atoms with van der Waals surface area (Å²) in [7, 11) is -1.70. The second kappa shape index (κ2) is 8.68. The van der Waals surface area contributed by atoms with Crippen molar-refractivity contribution >= 4 is 14.0 Å². The van der Waals surface area contributed by atoms with Crippen LogP contribution in [0.4, 0.5) is 0 Å². The standard InChI is InChI=1S/C23H40N2O2Si/c1-10-22(5)17-21(24-27-28(7,8)9)18(3)23(6,11-2)25(22)26-19(4)20-15-13-12-14-16-20/h12-16,18-19H,10-11,17H2,1-9H3/b24-21-. The van der Waals surface area contributed by atoms with Crippen LogP contribution in [0.1, 0.15) is 72.5 Å². The average molecular weight is 405 g/mol. The molecular weight excluding hydrogens is 364 g/mol. The highest BCUT2D eigenvalue weighted by atomic mass is 28.4. The van der Waals surface area contributed by atoms with Crippen LogP contribution in [-0.2, 0) is 9.36 Å². The molecule has 0 radical (unpaired) electrons. The molecule has 0 bridgehead atoms. The number of rotatable bonds is 7. The molecule has 1 aromatic carbocycles. The summed E-state index contributed by atoms with van der Waals surface area (Å²) in [5.74, 6) is 0.261. The van der Waals surface area contributed by atoms with Crippen molar-refractivity contribution in [2.45, 2.75) is 97.6 Å². The van der Waals surface area contributed by atoms with Crippen LogP contribution >= 0.6 is 0 Å². The highest BCUT2D eigenvalue weighted by molar-refractivity contribution is 6.69. The Hall–Kier alpha value is -1.17. The molecule has 5 heteroatoms. The molecule has 0 aromatic heterocycles. The van der Waals surface area contributed by atoms with Crippen molar-refractivity contribution in [3.63, 3.8) is 0 Å². The van der Waals surface area contributed by atoms with Gasteiger partial charge in [-0.25, -0.2) is 0 Å². The third-order valence-corrected chi connectivity index (χ3v) is 7.03. The summed E-state index contributed by atoms with van der Waals surface area (Å²) in [5, 5.41) is 6.99. The Balaban J connectivity index is 2.38. The quantitative estimate of drug-likeness (QED) is 0.381. The van der Waals surface area contributed by atoms with Crippen molar-refractivity contribution in [2.75, 3.05) is 0 Å². The predicted octanol–water partition coefficient (Wildman–Crippen LogP) is 6.57. The average Bonchev–Trinajstić information content (AvgIpc) is 2.67. The van der Waals surface area contributed by atoms with Crippen LogP contribution in [0, 0.1) is 5.92 Å². The van der Waals surface area contributed by atoms with Crippen molar-refractivity contribution in [1.29, 1.82) is 0 Å². The van der Waals surface area contributed by atoms with E-state index in [1.165, 1.54) is 11.3 Å². The van der Waals surface area contributed by atoms with Gasteiger partial charge in [0.15, 0.2) is 0 Å². The zero-order valence-electron chi connectivity index (χ0n) is 19.4. The lowest BCUT2D eigenvalue weighted by molar-refractivity contribution is -0.310. The van der Waals surface area contributed by atoms with E-state index < -0.39 is 8.32 Å². The largest absolute Gasteiger partial charge is 0.456 e. The molecule has 1 heterocycles. The second-order valence-corrected chi connectivity index (χ2v) is 14.1. The zero-order valence-corrected chi connectivity index (χ0v) is 20.4. The fraction of sp³-hybridized carbons (Fsp3) is 0.696. The Kier molecular flexibility index (Phi) is 7.16. The predicted molar refractivity (Wildman–Crippen MR) is 121 cm³/mol. The van der Waals surface area contributed by atoms with Crippen LogP contribution in [0.25, 0.3) is 0 Å². The Morgan fingerprint density at radius 1 is 1.14 bits per heavy atom. The van der Waals surface area contributed by atoms with Gasteiger partial charge in [-0.05, 0) is 58.8 Å². The number of piperidine rings is 1. The first-order valence-electron chi connectivity index (χ1n) is 10.7. The maximum absolute atomic E-state index is 6.70. The minimum absolute atomic E-state index is 0.00173. The second-order valence-electron chi connectivity index (χ2n) is 9.70. The summed E-state index contributed by atoms with van der Waals surface area (Å²) in [6.45, 7) is 20.1. The van der Waals surface area contributed by atoms with E-state index in [1.54, 1.807) is 0 Å². The van der Waals surface area contributed by atoms with Gasteiger partial charge in [0.1, 0.15) is 6.10 Å². The van der Waals surface area contributed by atoms with E-state index in [-0.39, 0.29) is 23.1 Å². The Morgan fingerprint density at radius 3 is 2.25 bits per heavy atom. The maximum Gasteiger partial charge on any atom is 0.278 e. The summed E-state index contributed by atoms with van der Waals surface area (Å²) >= 11 is 0. The van der Waals surface area contributed by atoms with Gasteiger partial charge in [0.25, 0.3) is 8.32 Å². The van der Waals surface area contributed by atoms with Crippen molar-refractivity contribution in [2.24, 2.45) is 11.1 Å². The van der Waals surface area contributed by atoms with Gasteiger partial charge in [-0.3, -0.25) is 4.84 Å². The lowest BCUT2D eigenvalue weighted by Crippen LogP contribution is -2.66. The van der Waals surface area contributed by atoms with Crippen molar-refractivity contribution in [3.8, 4) is 0 Å². The fourth-order valence-electron chi connectivity index (χ4n) is 3.98. The topological polar surface area (TPSA) is 34.1 Å². The molecule has 0 N–H and O–H groups in total. The van der Waals surface area contributed by atoms with Gasteiger partial charge in [-0.1, -0.05) is 51.1 Å². The van der Waals surface area contributed by atoms with Gasteiger partial charge in [0.2, 0.25) is 0 Å². The Morgan fingerprint density at radius 2 is 1.75 bits per heavy atom. The summed E-state index contributed by atoms with van der Waals surface area (Å²) in [5.41, 5.74) is 2.10. The molecular formula is C23H40N2O2Si. The first-order valence-corrected chi connectivity index (χ1v) is 14.1. The van der Waals surface area contributed by atoms with E-state index in [0.717, 1.165) is 19.3 Å². The van der Waals surface area contributed by atoms with Crippen molar-refractivity contribution < 1.29 is 9.36 Å². The fourth-order valence-corrected chi connectivity index (χ4v) is 4.37. The minimum Gasteiger partial charge on any atom is -0.456 e. The molecule has 1 aromatic rings. The minimum atomic E-state index is -1.70. The number of hydrogen-bond acceptors (Lipinski definition) is 4. The molecule has 0 spiro atoms. The molecule has 4 atom stereocenters. The van der Waals surface area contributed by atoms with E-state index in [1.807, 2.05) is 6.07 Å². The summed E-state index contributed by atoms with van der Waals surface area (Å²) in [4.78, 5) is 6.70. The number of oxime groups is 1. The molecule has 0 aliphatic carbocycles. The number of nitrogens with zero attached hydrogens (tertiary/aromatic N) is 2. The third kappa shape index (κ3) is 4.86. The highest BCUT2D eigenvalue weighted by Gasteiger charge is 2.53. The van der Waals surface area contributed by atoms with Crippen LogP contribution in [0.15, 0.2) is 35.5 Å². The Labute approximate surface area is 173 Å². The molecule has 2 rings (SSSR count). The molecule has 0 amide bonds. The monoisotopic (exact) mass is 404 g/mol. The molecule has 1 aliphatic heterocycles. The smallest absolute Gasteiger partial charge is 0.278 e. The van der Waals surface area contributed by atoms with E-state index >= 15 is 0 Å². The number of benzene rings is 1. The summed E-state index contributed by atoms with van der Waals surface area (Å²) in [6, 6.07) is 10.5. The summed E-state index contributed by atoms with van der Waals surface area (Å²) in [6.07, 6.45) is 2.84. The van der Waals surface area contributed by atoms with Crippen LogP contribution in [0.3, 0.4) is 0 Å². The van der Waals surface area contributed by atoms with Crippen LogP contribution in [0.5, 0.6) is 0 Å². The van der Waals surface area contributed by atoms with Gasteiger partial charge in [0, 0.05) is 17.9 Å². The summed E-state index contributed by atoms with van der Waals surface area (Å²) < 4.78 is 5.97. The molecule has 158 valence electrons.